The minimum absolute atomic E-state index is 0.632. The minimum atomic E-state index is -0.637. The van der Waals surface area contributed by atoms with Crippen LogP contribution in [0.3, 0.4) is 0 Å². The molecule has 4 heteroatoms. The van der Waals surface area contributed by atoms with Gasteiger partial charge in [0.25, 0.3) is 0 Å². The molecule has 0 radical (unpaired) electrons. The smallest absolute Gasteiger partial charge is 0.0726 e. The number of rotatable bonds is 9. The van der Waals surface area contributed by atoms with Gasteiger partial charge in [-0.1, -0.05) is 376 Å². The van der Waals surface area contributed by atoms with Crippen molar-refractivity contribution in [2.45, 2.75) is 10.8 Å². The van der Waals surface area contributed by atoms with Crippen molar-refractivity contribution in [1.29, 1.82) is 0 Å². The Bertz CT molecular complexity index is 9940. The van der Waals surface area contributed by atoms with Crippen molar-refractivity contribution in [2.75, 3.05) is 9.80 Å². The monoisotopic (exact) mass is 1740 g/mol. The normalized spacial score (nSPS) is 13.3. The molecule has 4 aliphatic rings. The van der Waals surface area contributed by atoms with Gasteiger partial charge in [-0.05, 0) is 306 Å². The van der Waals surface area contributed by atoms with E-state index in [9.17, 15) is 0 Å². The third-order valence-electron chi connectivity index (χ3n) is 31.8. The topological polar surface area (TPSA) is 16.3 Å². The molecule has 31 rings (SSSR count). The van der Waals surface area contributed by atoms with Gasteiger partial charge in [0.2, 0.25) is 0 Å². The average Bonchev–Trinajstić information content (AvgIpc) is 1.50. The van der Waals surface area contributed by atoms with Crippen LogP contribution in [0.1, 0.15) is 44.5 Å². The molecule has 0 aliphatic heterocycles. The van der Waals surface area contributed by atoms with E-state index in [4.69, 9.17) is 0 Å². The quantitative estimate of drug-likeness (QED) is 0.134. The van der Waals surface area contributed by atoms with Gasteiger partial charge in [0.15, 0.2) is 0 Å². The van der Waals surface area contributed by atoms with E-state index in [2.05, 4.69) is 504 Å². The number of para-hydroxylation sites is 3. The summed E-state index contributed by atoms with van der Waals surface area (Å²) in [5, 5.41) is 26.5. The molecule has 0 bridgehead atoms. The van der Waals surface area contributed by atoms with E-state index in [0.717, 1.165) is 78.7 Å². The van der Waals surface area contributed by atoms with Gasteiger partial charge in [0.1, 0.15) is 0 Å². The fraction of sp³-hybridized carbons (Fsp3) is 0.0149. The summed E-state index contributed by atoms with van der Waals surface area (Å²) in [5.74, 6) is 0. The molecule has 138 heavy (non-hydrogen) atoms. The van der Waals surface area contributed by atoms with Crippen LogP contribution in [0.2, 0.25) is 0 Å². The highest BCUT2D eigenvalue weighted by Gasteiger charge is 2.54. The van der Waals surface area contributed by atoms with Crippen LogP contribution >= 0.6 is 0 Å². The summed E-state index contributed by atoms with van der Waals surface area (Å²) in [6.45, 7) is 0. The van der Waals surface area contributed by atoms with Crippen molar-refractivity contribution in [3.63, 3.8) is 0 Å². The number of anilines is 6. The molecule has 0 saturated heterocycles. The van der Waals surface area contributed by atoms with E-state index in [1.54, 1.807) is 0 Å². The fourth-order valence-electron chi connectivity index (χ4n) is 26.1. The maximum Gasteiger partial charge on any atom is 0.0726 e. The highest BCUT2D eigenvalue weighted by Crippen LogP contribution is 2.67. The summed E-state index contributed by atoms with van der Waals surface area (Å²) in [4.78, 5) is 5.21. The van der Waals surface area contributed by atoms with Crippen molar-refractivity contribution in [3.8, 4) is 67.0 Å². The molecule has 25 aromatic carbocycles. The number of aromatic nitrogens is 2. The zero-order valence-corrected chi connectivity index (χ0v) is 75.0. The second kappa shape index (κ2) is 28.3. The highest BCUT2D eigenvalue weighted by atomic mass is 15.2. The molecule has 0 N–H and O–H groups in total. The predicted octanol–water partition coefficient (Wildman–Crippen LogP) is 35.6. The summed E-state index contributed by atoms with van der Waals surface area (Å²) in [6.07, 6.45) is 0. The second-order valence-electron chi connectivity index (χ2n) is 38.3. The lowest BCUT2D eigenvalue weighted by Crippen LogP contribution is -2.26. The summed E-state index contributed by atoms with van der Waals surface area (Å²) < 4.78 is 5.17. The fourth-order valence-corrected chi connectivity index (χ4v) is 26.1. The van der Waals surface area contributed by atoms with E-state index < -0.39 is 10.8 Å². The maximum absolute atomic E-state index is 2.62. The second-order valence-corrected chi connectivity index (χ2v) is 38.3. The molecule has 4 nitrogen and oxygen atoms in total. The third-order valence-corrected chi connectivity index (χ3v) is 31.8. The van der Waals surface area contributed by atoms with E-state index in [1.165, 1.54) is 208 Å². The predicted molar refractivity (Wildman–Crippen MR) is 580 cm³/mol. The van der Waals surface area contributed by atoms with Crippen LogP contribution in [0.5, 0.6) is 0 Å². The van der Waals surface area contributed by atoms with Gasteiger partial charge < -0.3 is 18.9 Å². The highest BCUT2D eigenvalue weighted by molar-refractivity contribution is 6.29. The first-order valence-electron chi connectivity index (χ1n) is 48.2. The van der Waals surface area contributed by atoms with Crippen LogP contribution in [0.25, 0.3) is 208 Å². The molecule has 2 heterocycles. The van der Waals surface area contributed by atoms with E-state index >= 15 is 0 Å². The number of hydrogen-bond donors (Lipinski definition) is 0. The molecule has 2 spiro atoms. The Morgan fingerprint density at radius 1 is 0.145 bits per heavy atom. The maximum atomic E-state index is 2.62. The van der Waals surface area contributed by atoms with Crippen LogP contribution in [0.15, 0.2) is 485 Å². The van der Waals surface area contributed by atoms with Crippen LogP contribution in [0, 0.1) is 0 Å². The van der Waals surface area contributed by atoms with Gasteiger partial charge in [0.05, 0.1) is 55.6 Å². The molecule has 27 aromatic rings. The van der Waals surface area contributed by atoms with Gasteiger partial charge in [-0.2, -0.15) is 0 Å². The lowest BCUT2D eigenvalue weighted by Gasteiger charge is -2.33. The van der Waals surface area contributed by atoms with Crippen LogP contribution in [-0.2, 0) is 10.8 Å². The molecule has 2 aromatic heterocycles. The first kappa shape index (κ1) is 75.6. The lowest BCUT2D eigenvalue weighted by molar-refractivity contribution is 0.793. The Morgan fingerprint density at radius 3 is 0.862 bits per heavy atom. The number of hydrogen-bond acceptors (Lipinski definition) is 2. The van der Waals surface area contributed by atoms with Crippen molar-refractivity contribution in [1.82, 2.24) is 9.13 Å². The Balaban J connectivity index is 0.635. The van der Waals surface area contributed by atoms with Crippen molar-refractivity contribution in [3.05, 3.63) is 530 Å². The zero-order chi connectivity index (χ0) is 89.9. The SMILES string of the molecule is c1ccc2c(c1)-c1ccccc1C21c2ccccc2-c2cc(-n3c4ccccc4c4ccccc43)c(N(c3ccc4c(ccc5ccccc54)c3)c3ccc4c5cc(-c6ccc7c(c6)c6ccccc6n7-c6cc7c(cc6N(c6ccc8ccccc8c6)c6ccc8c9ccccc9c9ccccc9c8c6)C6(c8ccccc8-c8ccccc86)c6ccccc6-7)ccc5c5ccccc5c4c3)cc21. The molecule has 0 amide bonds. The van der Waals surface area contributed by atoms with E-state index in [-0.39, 0.29) is 0 Å². The molecule has 636 valence electrons. The zero-order valence-electron chi connectivity index (χ0n) is 75.0. The number of nitrogens with zero attached hydrogens (tertiary/aromatic N) is 4. The molecule has 0 saturated carbocycles. The molecule has 0 unspecified atom stereocenters. The Labute approximate surface area is 795 Å². The third kappa shape index (κ3) is 10.2. The van der Waals surface area contributed by atoms with Crippen molar-refractivity contribution in [2.24, 2.45) is 0 Å². The van der Waals surface area contributed by atoms with Gasteiger partial charge in [0, 0.05) is 44.3 Å². The summed E-state index contributed by atoms with van der Waals surface area (Å²) in [6, 6.07) is 186. The first-order valence-corrected chi connectivity index (χ1v) is 48.2. The Kier molecular flexibility index (Phi) is 15.5. The van der Waals surface area contributed by atoms with Crippen molar-refractivity contribution < 1.29 is 0 Å². The van der Waals surface area contributed by atoms with Gasteiger partial charge in [-0.3, -0.25) is 0 Å². The van der Waals surface area contributed by atoms with Crippen molar-refractivity contribution >= 4 is 175 Å². The molecule has 0 fully saturated rings. The molecule has 0 atom stereocenters. The largest absolute Gasteiger partial charge is 0.308 e. The molecular formula is C134H80N4. The first-order chi connectivity index (χ1) is 68.5. The van der Waals surface area contributed by atoms with Crippen LogP contribution in [-0.4, -0.2) is 9.13 Å². The summed E-state index contributed by atoms with van der Waals surface area (Å²) >= 11 is 0. The average molecular weight is 1750 g/mol. The van der Waals surface area contributed by atoms with Gasteiger partial charge >= 0.3 is 0 Å². The van der Waals surface area contributed by atoms with E-state index in [1.807, 2.05) is 0 Å². The molecular weight excluding hydrogens is 1670 g/mol. The van der Waals surface area contributed by atoms with Crippen LogP contribution in [0.4, 0.5) is 34.1 Å². The Morgan fingerprint density at radius 2 is 0.413 bits per heavy atom. The van der Waals surface area contributed by atoms with Gasteiger partial charge in [-0.25, -0.2) is 0 Å². The molecule has 4 aliphatic carbocycles. The minimum Gasteiger partial charge on any atom is -0.308 e. The number of benzene rings is 25. The van der Waals surface area contributed by atoms with Crippen LogP contribution < -0.4 is 9.80 Å². The van der Waals surface area contributed by atoms with Gasteiger partial charge in [-0.15, -0.1) is 0 Å². The summed E-state index contributed by atoms with van der Waals surface area (Å²) in [5.41, 5.74) is 34.5. The lowest BCUT2D eigenvalue weighted by atomic mass is 9.70. The standard InChI is InChI=1S/C134H80N4/c1-2-31-83-71-87(62-59-81(83)29-1)135(89-64-68-100-95-35-6-5-33-93(95)94-34-7-9-37-97(94)112(100)75-89)132-80-124-115(107-44-16-25-53-122(107)134(124)119-50-22-13-41-104(119)105-42-14-23-51-120(105)134)78-130(132)138-127-56-28-19-47-110(127)116-74-85(61-70-128(116)138)84-60-66-99-96-36-8-10-38-98(96)113-76-90(65-69-101(113)111(99)73-84)136(88-63-67-92-86(72-88)58-57-82-30-3-4-32-91(82)92)131-79-123-114(77-129(131)137-125-54-26-17-45-108(125)109-46-18-27-55-126(109)137)106-43-15-24-52-121(106)133(123)117-48-20-11-39-102(117)103-40-12-21-49-118(103)133/h1-80H. The summed E-state index contributed by atoms with van der Waals surface area (Å²) in [7, 11) is 0. The Hall–Kier alpha value is -18.0. The number of fused-ring (bicyclic) bond motifs is 42. The van der Waals surface area contributed by atoms with E-state index in [0.29, 0.717) is 0 Å².